The molecule has 7 fully saturated rings. The number of ether oxygens (including phenoxy) is 3. The Morgan fingerprint density at radius 1 is 0.414 bits per heavy atom. The maximum atomic E-state index is 12.7. The molecule has 0 N–H and O–H groups in total. The minimum Gasteiger partial charge on any atom is -0.465 e. The van der Waals surface area contributed by atoms with Crippen LogP contribution in [0.2, 0.25) is 0 Å². The van der Waals surface area contributed by atoms with Crippen molar-refractivity contribution >= 4 is 17.9 Å². The molecule has 0 atom stereocenters. The van der Waals surface area contributed by atoms with Gasteiger partial charge in [0.1, 0.15) is 0 Å². The molecule has 0 amide bonds. The third-order valence-corrected chi connectivity index (χ3v) is 17.2. The summed E-state index contributed by atoms with van der Waals surface area (Å²) in [5.41, 5.74) is 9.16. The van der Waals surface area contributed by atoms with Crippen molar-refractivity contribution in [3.05, 3.63) is 190 Å². The Labute approximate surface area is 410 Å². The molecular weight excluding hydrogens is 869 g/mol. The predicted octanol–water partition coefficient (Wildman–Crippen LogP) is 11.7. The van der Waals surface area contributed by atoms with Gasteiger partial charge in [-0.3, -0.25) is 9.97 Å². The molecule has 2 aromatic heterocycles. The molecule has 6 bridgehead atoms. The van der Waals surface area contributed by atoms with E-state index in [1.807, 2.05) is 72.9 Å². The molecule has 0 aliphatic heterocycles. The van der Waals surface area contributed by atoms with Crippen molar-refractivity contribution in [2.24, 2.45) is 10.8 Å². The molecule has 13 rings (SSSR count). The number of rotatable bonds is 8. The fraction of sp³-hybridized carbons (Fsp3) is 0.339. The Morgan fingerprint density at radius 3 is 1.13 bits per heavy atom. The van der Waals surface area contributed by atoms with Crippen LogP contribution in [0.3, 0.4) is 0 Å². The maximum absolute atomic E-state index is 12.7. The zero-order valence-electron chi connectivity index (χ0n) is 40.1. The zero-order chi connectivity index (χ0) is 48.2. The minimum atomic E-state index is -0.358. The van der Waals surface area contributed by atoms with Crippen LogP contribution in [0.4, 0.5) is 0 Å². The second kappa shape index (κ2) is 17.3. The van der Waals surface area contributed by atoms with Crippen molar-refractivity contribution in [3.63, 3.8) is 0 Å². The van der Waals surface area contributed by atoms with Gasteiger partial charge in [-0.15, -0.1) is 0 Å². The van der Waals surface area contributed by atoms with E-state index in [1.165, 1.54) is 43.6 Å². The van der Waals surface area contributed by atoms with Crippen molar-refractivity contribution in [1.29, 1.82) is 0 Å². The molecule has 6 aromatic rings. The Bertz CT molecular complexity index is 2920. The standard InChI is InChI=1S/C62H56N2O6/c1-68-54(65)45-9-17-49(18-10-45)60-37-59(38-61(40-60,50-19-11-46(12-20-50)55(66)69-2)42-62(39-59,41-60)51-21-13-47(14-22-51)56(67)70-3)48-15-7-43(8-16-48)23-26-57-28-31-58(32-29-57,33-30-57)27-24-44-25-35-64-53(36-44)52-6-4-5-34-63-52/h4-22,25,34-36H,28-33,37-42H2,1-3H3. The highest BCUT2D eigenvalue weighted by atomic mass is 16.5. The summed E-state index contributed by atoms with van der Waals surface area (Å²) in [5.74, 6) is 13.7. The predicted molar refractivity (Wildman–Crippen MR) is 268 cm³/mol. The lowest BCUT2D eigenvalue weighted by Crippen LogP contribution is -2.67. The van der Waals surface area contributed by atoms with E-state index in [-0.39, 0.29) is 50.4 Å². The monoisotopic (exact) mass is 924 g/mol. The molecule has 7 aliphatic rings. The van der Waals surface area contributed by atoms with Crippen LogP contribution in [0.5, 0.6) is 0 Å². The Kier molecular flexibility index (Phi) is 11.2. The molecule has 70 heavy (non-hydrogen) atoms. The van der Waals surface area contributed by atoms with Crippen LogP contribution >= 0.6 is 0 Å². The molecule has 350 valence electrons. The van der Waals surface area contributed by atoms with Gasteiger partial charge >= 0.3 is 17.9 Å². The molecule has 7 aliphatic carbocycles. The molecular formula is C62H56N2O6. The number of esters is 3. The third kappa shape index (κ3) is 7.88. The van der Waals surface area contributed by atoms with E-state index in [9.17, 15) is 14.4 Å². The molecule has 7 saturated carbocycles. The second-order valence-corrected chi connectivity index (χ2v) is 21.2. The summed E-state index contributed by atoms with van der Waals surface area (Å²) in [6.07, 6.45) is 15.5. The van der Waals surface area contributed by atoms with Gasteiger partial charge in [-0.1, -0.05) is 78.3 Å². The summed E-state index contributed by atoms with van der Waals surface area (Å²) in [7, 11) is 4.24. The first-order chi connectivity index (χ1) is 33.9. The highest BCUT2D eigenvalue weighted by Crippen LogP contribution is 2.75. The highest BCUT2D eigenvalue weighted by molar-refractivity contribution is 5.90. The van der Waals surface area contributed by atoms with E-state index < -0.39 is 0 Å². The fourth-order valence-electron chi connectivity index (χ4n) is 14.1. The van der Waals surface area contributed by atoms with E-state index in [4.69, 9.17) is 14.2 Å². The first-order valence-corrected chi connectivity index (χ1v) is 24.6. The van der Waals surface area contributed by atoms with Crippen LogP contribution < -0.4 is 0 Å². The van der Waals surface area contributed by atoms with Gasteiger partial charge in [0.05, 0.1) is 49.4 Å². The van der Waals surface area contributed by atoms with Crippen molar-refractivity contribution < 1.29 is 28.6 Å². The number of hydrogen-bond acceptors (Lipinski definition) is 8. The van der Waals surface area contributed by atoms with E-state index in [0.29, 0.717) is 16.7 Å². The lowest BCUT2D eigenvalue weighted by molar-refractivity contribution is -0.0692. The number of carbonyl (C=O) groups is 3. The Morgan fingerprint density at radius 2 is 0.771 bits per heavy atom. The van der Waals surface area contributed by atoms with Gasteiger partial charge in [0.15, 0.2) is 0 Å². The minimum absolute atomic E-state index is 0.00618. The van der Waals surface area contributed by atoms with Gasteiger partial charge in [0.2, 0.25) is 0 Å². The number of nitrogens with zero attached hydrogens (tertiary/aromatic N) is 2. The summed E-state index contributed by atoms with van der Waals surface area (Å²) in [6, 6.07) is 43.3. The third-order valence-electron chi connectivity index (χ3n) is 17.2. The molecule has 8 heteroatoms. The highest BCUT2D eigenvalue weighted by Gasteiger charge is 2.69. The Balaban J connectivity index is 0.923. The fourth-order valence-corrected chi connectivity index (χ4v) is 14.1. The molecule has 2 heterocycles. The van der Waals surface area contributed by atoms with Crippen molar-refractivity contribution in [3.8, 4) is 35.1 Å². The maximum Gasteiger partial charge on any atom is 0.337 e. The van der Waals surface area contributed by atoms with E-state index in [0.717, 1.165) is 99.6 Å². The molecule has 0 radical (unpaired) electrons. The van der Waals surface area contributed by atoms with Crippen LogP contribution in [0.1, 0.15) is 142 Å². The number of carbonyl (C=O) groups excluding carboxylic acids is 3. The normalized spacial score (nSPS) is 27.8. The average Bonchev–Trinajstić information content (AvgIpc) is 3.42. The van der Waals surface area contributed by atoms with Gasteiger partial charge in [0.25, 0.3) is 0 Å². The molecule has 8 nitrogen and oxygen atoms in total. The van der Waals surface area contributed by atoms with Crippen LogP contribution in [-0.2, 0) is 35.9 Å². The van der Waals surface area contributed by atoms with Crippen LogP contribution in [0, 0.1) is 34.5 Å². The first-order valence-electron chi connectivity index (χ1n) is 24.6. The van der Waals surface area contributed by atoms with Gasteiger partial charge in [0, 0.05) is 34.4 Å². The van der Waals surface area contributed by atoms with Crippen molar-refractivity contribution in [2.75, 3.05) is 21.3 Å². The summed E-state index contributed by atoms with van der Waals surface area (Å²) < 4.78 is 15.3. The summed E-state index contributed by atoms with van der Waals surface area (Å²) in [4.78, 5) is 47.1. The number of methoxy groups -OCH3 is 3. The number of benzene rings is 4. The summed E-state index contributed by atoms with van der Waals surface area (Å²) in [6.45, 7) is 0. The molecule has 0 spiro atoms. The van der Waals surface area contributed by atoms with Gasteiger partial charge in [-0.25, -0.2) is 14.4 Å². The second-order valence-electron chi connectivity index (χ2n) is 21.2. The largest absolute Gasteiger partial charge is 0.465 e. The van der Waals surface area contributed by atoms with Gasteiger partial charge < -0.3 is 14.2 Å². The summed E-state index contributed by atoms with van der Waals surface area (Å²) in [5, 5.41) is 0. The van der Waals surface area contributed by atoms with Crippen molar-refractivity contribution in [1.82, 2.24) is 9.97 Å². The van der Waals surface area contributed by atoms with Crippen molar-refractivity contribution in [2.45, 2.75) is 98.7 Å². The number of hydrogen-bond donors (Lipinski definition) is 0. The Hall–Kier alpha value is -7.29. The van der Waals surface area contributed by atoms with E-state index >= 15 is 0 Å². The quantitative estimate of drug-likeness (QED) is 0.0844. The topological polar surface area (TPSA) is 105 Å². The molecule has 0 unspecified atom stereocenters. The lowest BCUT2D eigenvalue weighted by Gasteiger charge is -2.71. The van der Waals surface area contributed by atoms with E-state index in [2.05, 4.69) is 94.3 Å². The zero-order valence-corrected chi connectivity index (χ0v) is 40.1. The molecule has 0 saturated heterocycles. The average molecular weight is 925 g/mol. The number of aromatic nitrogens is 2. The van der Waals surface area contributed by atoms with E-state index in [1.54, 1.807) is 6.20 Å². The molecule has 4 aromatic carbocycles. The first kappa shape index (κ1) is 45.2. The van der Waals surface area contributed by atoms with Crippen LogP contribution in [0.25, 0.3) is 11.4 Å². The number of pyridine rings is 2. The SMILES string of the molecule is COC(=O)c1ccc(C23CC4(c5ccc(C#CC67CCC(C#Cc8ccnc(-c9ccccn9)c8)(CC6)CC7)cc5)CC(c5ccc(C(=O)OC)cc5)(C2)CC(c2ccc(C(=O)OC)cc2)(C4)C3)cc1. The van der Waals surface area contributed by atoms with Crippen LogP contribution in [0.15, 0.2) is 140 Å². The van der Waals surface area contributed by atoms with Gasteiger partial charge in [-0.2, -0.15) is 0 Å². The lowest BCUT2D eigenvalue weighted by atomic mass is 9.32. The van der Waals surface area contributed by atoms with Gasteiger partial charge in [-0.05, 0) is 194 Å². The number of fused-ring (bicyclic) bond motifs is 3. The smallest absolute Gasteiger partial charge is 0.337 e. The summed E-state index contributed by atoms with van der Waals surface area (Å²) >= 11 is 0. The van der Waals surface area contributed by atoms with Crippen LogP contribution in [-0.4, -0.2) is 49.2 Å².